The molecule has 0 unspecified atom stereocenters. The van der Waals surface area contributed by atoms with Gasteiger partial charge in [-0.2, -0.15) is 13.2 Å². The number of amides is 1. The molecule has 126 valence electrons. The Labute approximate surface area is 137 Å². The highest BCUT2D eigenvalue weighted by Gasteiger charge is 2.40. The van der Waals surface area contributed by atoms with Crippen LogP contribution in [0.4, 0.5) is 13.2 Å². The summed E-state index contributed by atoms with van der Waals surface area (Å²) in [6.45, 7) is 0. The van der Waals surface area contributed by atoms with Gasteiger partial charge in [0.05, 0.1) is 5.56 Å². The first-order valence-corrected chi connectivity index (χ1v) is 7.80. The third-order valence-electron chi connectivity index (χ3n) is 4.11. The molecule has 1 aromatic carbocycles. The lowest BCUT2D eigenvalue weighted by Crippen LogP contribution is -2.26. The van der Waals surface area contributed by atoms with Gasteiger partial charge in [0.1, 0.15) is 0 Å². The molecule has 1 amide bonds. The van der Waals surface area contributed by atoms with Crippen LogP contribution in [0.5, 0.6) is 0 Å². The molecule has 1 saturated carbocycles. The highest BCUT2D eigenvalue weighted by molar-refractivity contribution is 5.77. The molecule has 0 radical (unpaired) electrons. The van der Waals surface area contributed by atoms with Gasteiger partial charge in [0.2, 0.25) is 5.91 Å². The second-order valence-corrected chi connectivity index (χ2v) is 5.96. The zero-order valence-corrected chi connectivity index (χ0v) is 12.9. The van der Waals surface area contributed by atoms with E-state index in [2.05, 4.69) is 10.3 Å². The molecule has 0 aliphatic heterocycles. The first-order chi connectivity index (χ1) is 11.4. The van der Waals surface area contributed by atoms with E-state index in [0.29, 0.717) is 24.8 Å². The van der Waals surface area contributed by atoms with E-state index in [0.717, 1.165) is 11.8 Å². The summed E-state index contributed by atoms with van der Waals surface area (Å²) in [4.78, 5) is 16.1. The molecule has 1 heterocycles. The number of benzene rings is 1. The number of alkyl halides is 3. The molecule has 3 rings (SSSR count). The molecule has 1 aliphatic rings. The SMILES string of the molecule is O=C(CCc1ccccn1)N[C@@H]1C[C@@H]1c1cccc(C(F)(F)F)c1. The van der Waals surface area contributed by atoms with Gasteiger partial charge in [0.15, 0.2) is 0 Å². The summed E-state index contributed by atoms with van der Waals surface area (Å²) in [5.74, 6) is -0.133. The van der Waals surface area contributed by atoms with E-state index in [1.807, 2.05) is 18.2 Å². The lowest BCUT2D eigenvalue weighted by atomic mass is 10.1. The Bertz CT molecular complexity index is 716. The van der Waals surface area contributed by atoms with Gasteiger partial charge < -0.3 is 5.32 Å². The number of nitrogens with one attached hydrogen (secondary N) is 1. The van der Waals surface area contributed by atoms with Crippen LogP contribution < -0.4 is 5.32 Å². The van der Waals surface area contributed by atoms with Crippen LogP contribution in [0.15, 0.2) is 48.7 Å². The third-order valence-corrected chi connectivity index (χ3v) is 4.11. The second kappa shape index (κ2) is 6.63. The van der Waals surface area contributed by atoms with Crippen LogP contribution in [-0.4, -0.2) is 16.9 Å². The van der Waals surface area contributed by atoms with Crippen LogP contribution >= 0.6 is 0 Å². The fraction of sp³-hybridized carbons (Fsp3) is 0.333. The maximum Gasteiger partial charge on any atom is 0.416 e. The fourth-order valence-electron chi connectivity index (χ4n) is 2.74. The molecule has 1 N–H and O–H groups in total. The van der Waals surface area contributed by atoms with E-state index in [1.165, 1.54) is 12.1 Å². The lowest BCUT2D eigenvalue weighted by Gasteiger charge is -2.09. The zero-order valence-electron chi connectivity index (χ0n) is 12.9. The zero-order chi connectivity index (χ0) is 17.2. The van der Waals surface area contributed by atoms with E-state index >= 15 is 0 Å². The van der Waals surface area contributed by atoms with Crippen molar-refractivity contribution in [2.75, 3.05) is 0 Å². The molecule has 0 spiro atoms. The first-order valence-electron chi connectivity index (χ1n) is 7.80. The minimum atomic E-state index is -4.34. The quantitative estimate of drug-likeness (QED) is 0.906. The minimum Gasteiger partial charge on any atom is -0.353 e. The summed E-state index contributed by atoms with van der Waals surface area (Å²) in [5, 5.41) is 2.88. The molecule has 6 heteroatoms. The predicted molar refractivity (Wildman–Crippen MR) is 83.3 cm³/mol. The number of aromatic nitrogens is 1. The van der Waals surface area contributed by atoms with Gasteiger partial charge in [-0.3, -0.25) is 9.78 Å². The highest BCUT2D eigenvalue weighted by Crippen LogP contribution is 2.42. The average Bonchev–Trinajstić information content (AvgIpc) is 3.32. The molecular weight excluding hydrogens is 317 g/mol. The van der Waals surface area contributed by atoms with Crippen molar-refractivity contribution in [3.63, 3.8) is 0 Å². The second-order valence-electron chi connectivity index (χ2n) is 5.96. The summed E-state index contributed by atoms with van der Waals surface area (Å²) in [5.41, 5.74) is 0.824. The van der Waals surface area contributed by atoms with E-state index < -0.39 is 11.7 Å². The van der Waals surface area contributed by atoms with Gasteiger partial charge in [-0.15, -0.1) is 0 Å². The number of nitrogens with zero attached hydrogens (tertiary/aromatic N) is 1. The molecule has 3 nitrogen and oxygen atoms in total. The molecule has 24 heavy (non-hydrogen) atoms. The number of halogens is 3. The maximum atomic E-state index is 12.7. The van der Waals surface area contributed by atoms with Gasteiger partial charge in [-0.1, -0.05) is 24.3 Å². The summed E-state index contributed by atoms with van der Waals surface area (Å²) >= 11 is 0. The molecule has 0 saturated heterocycles. The number of hydrogen-bond donors (Lipinski definition) is 1. The largest absolute Gasteiger partial charge is 0.416 e. The minimum absolute atomic E-state index is 0.0360. The van der Waals surface area contributed by atoms with Gasteiger partial charge in [-0.25, -0.2) is 0 Å². The average molecular weight is 334 g/mol. The Morgan fingerprint density at radius 2 is 2.04 bits per heavy atom. The van der Waals surface area contributed by atoms with Crippen LogP contribution in [0.2, 0.25) is 0 Å². The summed E-state index contributed by atoms with van der Waals surface area (Å²) in [6, 6.07) is 10.8. The van der Waals surface area contributed by atoms with Gasteiger partial charge in [0, 0.05) is 30.3 Å². The van der Waals surface area contributed by atoms with Crippen LogP contribution in [-0.2, 0) is 17.4 Å². The van der Waals surface area contributed by atoms with Crippen molar-refractivity contribution >= 4 is 5.91 Å². The molecule has 2 aromatic rings. The lowest BCUT2D eigenvalue weighted by molar-refractivity contribution is -0.137. The summed E-state index contributed by atoms with van der Waals surface area (Å²) < 4.78 is 38.2. The summed E-state index contributed by atoms with van der Waals surface area (Å²) in [6.07, 6.45) is -1.11. The van der Waals surface area contributed by atoms with Gasteiger partial charge in [-0.05, 0) is 36.6 Å². The van der Waals surface area contributed by atoms with E-state index in [9.17, 15) is 18.0 Å². The number of carbonyl (C=O) groups is 1. The fourth-order valence-corrected chi connectivity index (χ4v) is 2.74. The van der Waals surface area contributed by atoms with E-state index in [-0.39, 0.29) is 17.9 Å². The van der Waals surface area contributed by atoms with Crippen molar-refractivity contribution in [3.8, 4) is 0 Å². The summed E-state index contributed by atoms with van der Waals surface area (Å²) in [7, 11) is 0. The Kier molecular flexibility index (Phi) is 4.55. The molecular formula is C18H17F3N2O. The third kappa shape index (κ3) is 4.13. The van der Waals surface area contributed by atoms with Crippen molar-refractivity contribution < 1.29 is 18.0 Å². The van der Waals surface area contributed by atoms with Crippen molar-refractivity contribution in [2.45, 2.75) is 37.4 Å². The molecule has 2 atom stereocenters. The highest BCUT2D eigenvalue weighted by atomic mass is 19.4. The Hall–Kier alpha value is -2.37. The van der Waals surface area contributed by atoms with Crippen molar-refractivity contribution in [2.24, 2.45) is 0 Å². The van der Waals surface area contributed by atoms with Crippen LogP contribution in [0, 0.1) is 0 Å². The Morgan fingerprint density at radius 3 is 2.75 bits per heavy atom. The van der Waals surface area contributed by atoms with Gasteiger partial charge >= 0.3 is 6.18 Å². The Balaban J connectivity index is 1.51. The maximum absolute atomic E-state index is 12.7. The molecule has 1 aromatic heterocycles. The van der Waals surface area contributed by atoms with Crippen LogP contribution in [0.3, 0.4) is 0 Å². The molecule has 1 fully saturated rings. The van der Waals surface area contributed by atoms with Crippen LogP contribution in [0.1, 0.15) is 35.6 Å². The predicted octanol–water partition coefficient (Wildman–Crippen LogP) is 3.71. The van der Waals surface area contributed by atoms with Crippen molar-refractivity contribution in [3.05, 3.63) is 65.5 Å². The first kappa shape index (κ1) is 16.5. The topological polar surface area (TPSA) is 42.0 Å². The van der Waals surface area contributed by atoms with Crippen LogP contribution in [0.25, 0.3) is 0 Å². The Morgan fingerprint density at radius 1 is 1.21 bits per heavy atom. The molecule has 1 aliphatic carbocycles. The van der Waals surface area contributed by atoms with Gasteiger partial charge in [0.25, 0.3) is 0 Å². The van der Waals surface area contributed by atoms with Crippen molar-refractivity contribution in [1.82, 2.24) is 10.3 Å². The normalized spacial score (nSPS) is 19.8. The number of aryl methyl sites for hydroxylation is 1. The number of hydrogen-bond acceptors (Lipinski definition) is 2. The van der Waals surface area contributed by atoms with E-state index in [1.54, 1.807) is 12.3 Å². The number of rotatable bonds is 5. The molecule has 0 bridgehead atoms. The number of pyridine rings is 1. The monoisotopic (exact) mass is 334 g/mol. The number of carbonyl (C=O) groups excluding carboxylic acids is 1. The van der Waals surface area contributed by atoms with E-state index in [4.69, 9.17) is 0 Å². The smallest absolute Gasteiger partial charge is 0.353 e. The standard InChI is InChI=1S/C18H17F3N2O/c19-18(20,21)13-5-3-4-12(10-13)15-11-16(15)23-17(24)8-7-14-6-1-2-9-22-14/h1-6,9-10,15-16H,7-8,11H2,(H,23,24)/t15-,16-/m1/s1. The van der Waals surface area contributed by atoms with Crippen molar-refractivity contribution in [1.29, 1.82) is 0 Å².